The Hall–Kier alpha value is -1.43. The monoisotopic (exact) mass is 386 g/mol. The van der Waals surface area contributed by atoms with Crippen molar-refractivity contribution in [3.63, 3.8) is 0 Å². The van der Waals surface area contributed by atoms with E-state index in [4.69, 9.17) is 0 Å². The molecule has 0 aromatic heterocycles. The van der Waals surface area contributed by atoms with E-state index in [-0.39, 0.29) is 11.9 Å². The first kappa shape index (κ1) is 21.3. The molecule has 0 bridgehead atoms. The summed E-state index contributed by atoms with van der Waals surface area (Å²) in [6.07, 6.45) is 5.80. The minimum Gasteiger partial charge on any atom is -0.352 e. The highest BCUT2D eigenvalue weighted by molar-refractivity contribution is 5.81. The van der Waals surface area contributed by atoms with Crippen LogP contribution in [0.25, 0.3) is 0 Å². The maximum absolute atomic E-state index is 12.8. The van der Waals surface area contributed by atoms with Crippen LogP contribution in [0.1, 0.15) is 44.6 Å². The van der Waals surface area contributed by atoms with E-state index in [1.165, 1.54) is 24.8 Å². The molecule has 5 heteroatoms. The molecule has 0 radical (unpaired) electrons. The van der Waals surface area contributed by atoms with Crippen LogP contribution in [0, 0.1) is 5.92 Å². The molecule has 2 aliphatic heterocycles. The first-order valence-electron chi connectivity index (χ1n) is 11.1. The molecule has 3 rings (SSSR count). The highest BCUT2D eigenvalue weighted by Crippen LogP contribution is 2.22. The smallest absolute Gasteiger partial charge is 0.237 e. The third kappa shape index (κ3) is 6.29. The Kier molecular flexibility index (Phi) is 8.31. The lowest BCUT2D eigenvalue weighted by molar-refractivity contribution is -0.127. The topological polar surface area (TPSA) is 47.6 Å². The molecule has 1 atom stereocenters. The molecule has 0 aliphatic carbocycles. The number of hydrogen-bond acceptors (Lipinski definition) is 4. The second kappa shape index (κ2) is 10.9. The molecular weight excluding hydrogens is 348 g/mol. The van der Waals surface area contributed by atoms with Crippen molar-refractivity contribution in [1.29, 1.82) is 0 Å². The van der Waals surface area contributed by atoms with Gasteiger partial charge in [-0.3, -0.25) is 14.6 Å². The number of hydrogen-bond donors (Lipinski definition) is 2. The Labute approximate surface area is 170 Å². The van der Waals surface area contributed by atoms with Crippen molar-refractivity contribution < 1.29 is 4.79 Å². The van der Waals surface area contributed by atoms with E-state index in [1.54, 1.807) is 0 Å². The number of benzene rings is 1. The van der Waals surface area contributed by atoms with Gasteiger partial charge in [0.1, 0.15) is 0 Å². The average molecular weight is 387 g/mol. The van der Waals surface area contributed by atoms with Gasteiger partial charge in [0.2, 0.25) is 5.91 Å². The number of nitrogens with zero attached hydrogens (tertiary/aromatic N) is 2. The number of likely N-dealkylation sites (tertiary alicyclic amines) is 2. The highest BCUT2D eigenvalue weighted by atomic mass is 16.2. The molecule has 0 saturated carbocycles. The van der Waals surface area contributed by atoms with E-state index >= 15 is 0 Å². The highest BCUT2D eigenvalue weighted by Gasteiger charge is 2.28. The molecule has 5 nitrogen and oxygen atoms in total. The predicted molar refractivity (Wildman–Crippen MR) is 115 cm³/mol. The maximum atomic E-state index is 12.8. The zero-order valence-electron chi connectivity index (χ0n) is 17.7. The minimum absolute atomic E-state index is 0.00685. The van der Waals surface area contributed by atoms with Crippen molar-refractivity contribution in [2.45, 2.75) is 57.7 Å². The Bertz CT molecular complexity index is 578. The van der Waals surface area contributed by atoms with Crippen LogP contribution in [0.5, 0.6) is 0 Å². The van der Waals surface area contributed by atoms with E-state index in [0.29, 0.717) is 6.04 Å². The fraction of sp³-hybridized carbons (Fsp3) is 0.696. The molecular formula is C23H38N4O. The van der Waals surface area contributed by atoms with E-state index in [2.05, 4.69) is 57.7 Å². The zero-order chi connectivity index (χ0) is 19.8. The Balaban J connectivity index is 1.36. The van der Waals surface area contributed by atoms with Crippen molar-refractivity contribution in [3.8, 4) is 0 Å². The van der Waals surface area contributed by atoms with Crippen LogP contribution < -0.4 is 10.6 Å². The number of carbonyl (C=O) groups excluding carboxylic acids is 1. The second-order valence-corrected chi connectivity index (χ2v) is 8.59. The summed E-state index contributed by atoms with van der Waals surface area (Å²) >= 11 is 0. The van der Waals surface area contributed by atoms with E-state index in [9.17, 15) is 4.79 Å². The quantitative estimate of drug-likeness (QED) is 0.721. The Morgan fingerprint density at radius 3 is 2.39 bits per heavy atom. The van der Waals surface area contributed by atoms with Crippen LogP contribution >= 0.6 is 0 Å². The molecule has 28 heavy (non-hydrogen) atoms. The fourth-order valence-corrected chi connectivity index (χ4v) is 4.54. The summed E-state index contributed by atoms with van der Waals surface area (Å²) in [5, 5.41) is 6.58. The summed E-state index contributed by atoms with van der Waals surface area (Å²) in [5.74, 6) is 1.03. The third-order valence-corrected chi connectivity index (χ3v) is 6.56. The van der Waals surface area contributed by atoms with Gasteiger partial charge in [0, 0.05) is 25.7 Å². The number of nitrogens with one attached hydrogen (secondary N) is 2. The summed E-state index contributed by atoms with van der Waals surface area (Å²) < 4.78 is 0. The van der Waals surface area contributed by atoms with Gasteiger partial charge in [0.05, 0.1) is 6.04 Å². The van der Waals surface area contributed by atoms with Crippen molar-refractivity contribution in [2.75, 3.05) is 39.8 Å². The molecule has 2 fully saturated rings. The van der Waals surface area contributed by atoms with E-state index in [1.807, 2.05) is 7.05 Å². The number of piperidine rings is 2. The summed E-state index contributed by atoms with van der Waals surface area (Å²) in [7, 11) is 2.02. The first-order valence-corrected chi connectivity index (χ1v) is 11.1. The summed E-state index contributed by atoms with van der Waals surface area (Å²) in [4.78, 5) is 17.6. The lowest BCUT2D eigenvalue weighted by Crippen LogP contribution is -2.52. The summed E-state index contributed by atoms with van der Waals surface area (Å²) in [6, 6.07) is 11.0. The molecule has 0 spiro atoms. The van der Waals surface area contributed by atoms with Crippen molar-refractivity contribution in [1.82, 2.24) is 20.4 Å². The first-order chi connectivity index (χ1) is 13.7. The number of rotatable bonds is 8. The van der Waals surface area contributed by atoms with Gasteiger partial charge in [0.15, 0.2) is 0 Å². The summed E-state index contributed by atoms with van der Waals surface area (Å²) in [5.41, 5.74) is 1.37. The number of carbonyl (C=O) groups is 1. The maximum Gasteiger partial charge on any atom is 0.237 e. The SMILES string of the molecule is CNCCC1CCN(C(C)C(=O)NC2CCN(Cc3ccccc3)CC2)CC1. The fourth-order valence-electron chi connectivity index (χ4n) is 4.54. The largest absolute Gasteiger partial charge is 0.352 e. The van der Waals surface area contributed by atoms with Crippen LogP contribution in [-0.2, 0) is 11.3 Å². The molecule has 1 aromatic carbocycles. The molecule has 1 unspecified atom stereocenters. The van der Waals surface area contributed by atoms with Crippen LogP contribution in [-0.4, -0.2) is 67.6 Å². The van der Waals surface area contributed by atoms with Gasteiger partial charge in [-0.25, -0.2) is 0 Å². The standard InChI is InChI=1S/C23H38N4O/c1-19(27-16-9-20(10-17-27)8-13-24-2)23(28)25-22-11-14-26(15-12-22)18-21-6-4-3-5-7-21/h3-7,19-20,22,24H,8-18H2,1-2H3,(H,25,28). The van der Waals surface area contributed by atoms with E-state index < -0.39 is 0 Å². The molecule has 2 saturated heterocycles. The summed E-state index contributed by atoms with van der Waals surface area (Å²) in [6.45, 7) is 8.42. The van der Waals surface area contributed by atoms with Gasteiger partial charge in [-0.05, 0) is 77.2 Å². The van der Waals surface area contributed by atoms with Crippen LogP contribution in [0.15, 0.2) is 30.3 Å². The van der Waals surface area contributed by atoms with Crippen LogP contribution in [0.3, 0.4) is 0 Å². The molecule has 2 N–H and O–H groups in total. The minimum atomic E-state index is -0.00685. The van der Waals surface area contributed by atoms with Crippen molar-refractivity contribution in [2.24, 2.45) is 5.92 Å². The third-order valence-electron chi connectivity index (χ3n) is 6.56. The molecule has 2 aliphatic rings. The molecule has 156 valence electrons. The van der Waals surface area contributed by atoms with Gasteiger partial charge >= 0.3 is 0 Å². The predicted octanol–water partition coefficient (Wildman–Crippen LogP) is 2.48. The Morgan fingerprint density at radius 2 is 1.75 bits per heavy atom. The lowest BCUT2D eigenvalue weighted by Gasteiger charge is -2.37. The van der Waals surface area contributed by atoms with Crippen LogP contribution in [0.4, 0.5) is 0 Å². The van der Waals surface area contributed by atoms with Crippen LogP contribution in [0.2, 0.25) is 0 Å². The normalized spacial score (nSPS) is 21.5. The number of amides is 1. The van der Waals surface area contributed by atoms with Gasteiger partial charge in [-0.2, -0.15) is 0 Å². The molecule has 1 aromatic rings. The van der Waals surface area contributed by atoms with Gasteiger partial charge in [0.25, 0.3) is 0 Å². The Morgan fingerprint density at radius 1 is 1.07 bits per heavy atom. The van der Waals surface area contributed by atoms with E-state index in [0.717, 1.165) is 58.0 Å². The molecule has 2 heterocycles. The lowest BCUT2D eigenvalue weighted by atomic mass is 9.92. The van der Waals surface area contributed by atoms with Gasteiger partial charge in [-0.15, -0.1) is 0 Å². The average Bonchev–Trinajstić information content (AvgIpc) is 2.74. The van der Waals surface area contributed by atoms with Gasteiger partial charge < -0.3 is 10.6 Å². The second-order valence-electron chi connectivity index (χ2n) is 8.59. The molecule has 1 amide bonds. The van der Waals surface area contributed by atoms with Crippen molar-refractivity contribution >= 4 is 5.91 Å². The zero-order valence-corrected chi connectivity index (χ0v) is 17.7. The van der Waals surface area contributed by atoms with Crippen molar-refractivity contribution in [3.05, 3.63) is 35.9 Å². The van der Waals surface area contributed by atoms with Gasteiger partial charge in [-0.1, -0.05) is 30.3 Å².